The molecule has 0 radical (unpaired) electrons. The van der Waals surface area contributed by atoms with E-state index in [0.717, 1.165) is 43.5 Å². The van der Waals surface area contributed by atoms with E-state index in [-0.39, 0.29) is 31.3 Å². The SMILES string of the molecule is Cc1cc(OC[C@@]2(CC(=O)N3CCCCC3)CN(C(=O)Cc3ccc(Cl)cc3)CCO2)ccc1Cl. The molecular weight excluding hydrogens is 487 g/mol. The van der Waals surface area contributed by atoms with E-state index in [2.05, 4.69) is 0 Å². The maximum absolute atomic E-state index is 13.2. The minimum atomic E-state index is -0.921. The van der Waals surface area contributed by atoms with Gasteiger partial charge in [-0.3, -0.25) is 9.59 Å². The Balaban J connectivity index is 1.49. The van der Waals surface area contributed by atoms with E-state index in [0.29, 0.717) is 35.5 Å². The van der Waals surface area contributed by atoms with E-state index in [1.54, 1.807) is 23.1 Å². The van der Waals surface area contributed by atoms with Crippen molar-refractivity contribution in [3.63, 3.8) is 0 Å². The highest BCUT2D eigenvalue weighted by Gasteiger charge is 2.42. The molecule has 0 aliphatic carbocycles. The maximum atomic E-state index is 13.2. The van der Waals surface area contributed by atoms with Gasteiger partial charge in [0.2, 0.25) is 11.8 Å². The molecule has 2 fully saturated rings. The summed E-state index contributed by atoms with van der Waals surface area (Å²) in [5, 5.41) is 1.30. The van der Waals surface area contributed by atoms with Gasteiger partial charge in [-0.25, -0.2) is 0 Å². The van der Waals surface area contributed by atoms with Crippen molar-refractivity contribution in [1.29, 1.82) is 0 Å². The number of amides is 2. The maximum Gasteiger partial charge on any atom is 0.227 e. The van der Waals surface area contributed by atoms with Gasteiger partial charge in [-0.1, -0.05) is 35.3 Å². The van der Waals surface area contributed by atoms with E-state index >= 15 is 0 Å². The van der Waals surface area contributed by atoms with Gasteiger partial charge in [-0.2, -0.15) is 0 Å². The molecule has 6 nitrogen and oxygen atoms in total. The number of aryl methyl sites for hydroxylation is 1. The molecule has 35 heavy (non-hydrogen) atoms. The van der Waals surface area contributed by atoms with Crippen LogP contribution in [-0.4, -0.2) is 66.6 Å². The molecule has 2 aromatic rings. The van der Waals surface area contributed by atoms with Crippen LogP contribution >= 0.6 is 23.2 Å². The van der Waals surface area contributed by atoms with Crippen molar-refractivity contribution in [3.8, 4) is 5.75 Å². The first-order valence-corrected chi connectivity index (χ1v) is 12.9. The predicted molar refractivity (Wildman–Crippen MR) is 137 cm³/mol. The zero-order valence-corrected chi connectivity index (χ0v) is 21.6. The Morgan fingerprint density at radius 1 is 0.971 bits per heavy atom. The lowest BCUT2D eigenvalue weighted by atomic mass is 9.95. The van der Waals surface area contributed by atoms with E-state index in [9.17, 15) is 9.59 Å². The molecule has 2 heterocycles. The van der Waals surface area contributed by atoms with Gasteiger partial charge in [-0.05, 0) is 67.6 Å². The summed E-state index contributed by atoms with van der Waals surface area (Å²) in [5.41, 5.74) is 0.886. The number of nitrogens with zero attached hydrogens (tertiary/aromatic N) is 2. The molecule has 2 aliphatic rings. The number of carbonyl (C=O) groups excluding carboxylic acids is 2. The first-order valence-electron chi connectivity index (χ1n) is 12.2. The zero-order chi connectivity index (χ0) is 24.8. The topological polar surface area (TPSA) is 59.1 Å². The summed E-state index contributed by atoms with van der Waals surface area (Å²) >= 11 is 12.1. The molecule has 2 aliphatic heterocycles. The first kappa shape index (κ1) is 25.8. The van der Waals surface area contributed by atoms with Gasteiger partial charge >= 0.3 is 0 Å². The molecule has 2 amide bonds. The standard InChI is InChI=1S/C27H32Cl2N2O4/c1-20-15-23(9-10-24(20)29)34-19-27(17-26(33)30-11-3-2-4-12-30)18-31(13-14-35-27)25(32)16-21-5-7-22(28)8-6-21/h5-10,15H,2-4,11-14,16-19H2,1H3/t27-/m1/s1. The molecule has 0 aromatic heterocycles. The van der Waals surface area contributed by atoms with Crippen molar-refractivity contribution < 1.29 is 19.1 Å². The van der Waals surface area contributed by atoms with Crippen molar-refractivity contribution in [2.45, 2.75) is 44.6 Å². The number of hydrogen-bond acceptors (Lipinski definition) is 4. The lowest BCUT2D eigenvalue weighted by molar-refractivity contribution is -0.166. The van der Waals surface area contributed by atoms with Crippen molar-refractivity contribution in [2.75, 3.05) is 39.4 Å². The normalized spacial score (nSPS) is 20.5. The highest BCUT2D eigenvalue weighted by molar-refractivity contribution is 6.31. The minimum Gasteiger partial charge on any atom is -0.490 e. The molecule has 0 saturated carbocycles. The molecular formula is C27H32Cl2N2O4. The number of morpholine rings is 1. The van der Waals surface area contributed by atoms with E-state index in [1.807, 2.05) is 36.1 Å². The average Bonchev–Trinajstić information content (AvgIpc) is 2.87. The van der Waals surface area contributed by atoms with Crippen molar-refractivity contribution in [1.82, 2.24) is 9.80 Å². The number of rotatable bonds is 7. The molecule has 0 unspecified atom stereocenters. The first-order chi connectivity index (χ1) is 16.8. The number of benzene rings is 2. The highest BCUT2D eigenvalue weighted by atomic mass is 35.5. The molecule has 1 atom stereocenters. The molecule has 2 aromatic carbocycles. The number of likely N-dealkylation sites (tertiary alicyclic amines) is 1. The molecule has 0 N–H and O–H groups in total. The Morgan fingerprint density at radius 2 is 1.71 bits per heavy atom. The van der Waals surface area contributed by atoms with Crippen LogP contribution in [0.5, 0.6) is 5.75 Å². The third-order valence-corrected chi connectivity index (χ3v) is 7.36. The molecule has 0 bridgehead atoms. The summed E-state index contributed by atoms with van der Waals surface area (Å²) < 4.78 is 12.4. The second kappa shape index (κ2) is 11.6. The molecule has 8 heteroatoms. The van der Waals surface area contributed by atoms with Crippen LogP contribution in [0.4, 0.5) is 0 Å². The lowest BCUT2D eigenvalue weighted by Gasteiger charge is -2.43. The zero-order valence-electron chi connectivity index (χ0n) is 20.1. The third kappa shape index (κ3) is 6.90. The van der Waals surface area contributed by atoms with Gasteiger partial charge in [0.1, 0.15) is 18.0 Å². The smallest absolute Gasteiger partial charge is 0.227 e. The molecule has 188 valence electrons. The van der Waals surface area contributed by atoms with Crippen molar-refractivity contribution in [2.24, 2.45) is 0 Å². The van der Waals surface area contributed by atoms with Gasteiger partial charge in [0, 0.05) is 29.7 Å². The van der Waals surface area contributed by atoms with Crippen LogP contribution in [0.25, 0.3) is 0 Å². The lowest BCUT2D eigenvalue weighted by Crippen LogP contribution is -2.58. The van der Waals surface area contributed by atoms with Gasteiger partial charge < -0.3 is 19.3 Å². The van der Waals surface area contributed by atoms with Crippen LogP contribution in [0.15, 0.2) is 42.5 Å². The van der Waals surface area contributed by atoms with Crippen LogP contribution in [0.1, 0.15) is 36.8 Å². The van der Waals surface area contributed by atoms with Gasteiger partial charge in [-0.15, -0.1) is 0 Å². The number of carbonyl (C=O) groups is 2. The van der Waals surface area contributed by atoms with Crippen LogP contribution in [-0.2, 0) is 20.7 Å². The van der Waals surface area contributed by atoms with Gasteiger partial charge in [0.05, 0.1) is 26.0 Å². The van der Waals surface area contributed by atoms with Crippen LogP contribution < -0.4 is 4.74 Å². The van der Waals surface area contributed by atoms with Gasteiger partial charge in [0.25, 0.3) is 0 Å². The second-order valence-corrected chi connectivity index (χ2v) is 10.3. The van der Waals surface area contributed by atoms with E-state index in [1.165, 1.54) is 0 Å². The Hall–Kier alpha value is -2.28. The summed E-state index contributed by atoms with van der Waals surface area (Å²) in [4.78, 5) is 30.1. The minimum absolute atomic E-state index is 0.00671. The molecule has 0 spiro atoms. The largest absolute Gasteiger partial charge is 0.490 e. The van der Waals surface area contributed by atoms with Crippen LogP contribution in [0, 0.1) is 6.92 Å². The second-order valence-electron chi connectivity index (χ2n) is 9.47. The average molecular weight is 519 g/mol. The summed E-state index contributed by atoms with van der Waals surface area (Å²) in [5.74, 6) is 0.699. The number of ether oxygens (including phenoxy) is 2. The Bertz CT molecular complexity index is 1040. The van der Waals surface area contributed by atoms with E-state index in [4.69, 9.17) is 32.7 Å². The predicted octanol–water partition coefficient (Wildman–Crippen LogP) is 4.92. The van der Waals surface area contributed by atoms with E-state index < -0.39 is 5.60 Å². The van der Waals surface area contributed by atoms with Crippen LogP contribution in [0.2, 0.25) is 10.0 Å². The Morgan fingerprint density at radius 3 is 2.43 bits per heavy atom. The van der Waals surface area contributed by atoms with Crippen molar-refractivity contribution in [3.05, 3.63) is 63.6 Å². The quantitative estimate of drug-likeness (QED) is 0.521. The summed E-state index contributed by atoms with van der Waals surface area (Å²) in [6, 6.07) is 12.8. The summed E-state index contributed by atoms with van der Waals surface area (Å²) in [6.45, 7) is 4.74. The number of hydrogen-bond donors (Lipinski definition) is 0. The third-order valence-electron chi connectivity index (χ3n) is 6.68. The molecule has 4 rings (SSSR count). The highest BCUT2D eigenvalue weighted by Crippen LogP contribution is 2.28. The fourth-order valence-electron chi connectivity index (χ4n) is 4.64. The summed E-state index contributed by atoms with van der Waals surface area (Å²) in [7, 11) is 0. The molecule has 2 saturated heterocycles. The fourth-order valence-corrected chi connectivity index (χ4v) is 4.89. The number of piperidine rings is 1. The van der Waals surface area contributed by atoms with Gasteiger partial charge in [0.15, 0.2) is 0 Å². The Kier molecular flexibility index (Phi) is 8.58. The monoisotopic (exact) mass is 518 g/mol. The summed E-state index contributed by atoms with van der Waals surface area (Å²) in [6.07, 6.45) is 3.63. The number of halogens is 2. The van der Waals surface area contributed by atoms with Crippen molar-refractivity contribution >= 4 is 35.0 Å². The fraction of sp³-hybridized carbons (Fsp3) is 0.481. The Labute approximate surface area is 217 Å². The van der Waals surface area contributed by atoms with Crippen LogP contribution in [0.3, 0.4) is 0 Å².